The minimum Gasteiger partial charge on any atom is -0.392 e. The third kappa shape index (κ3) is 4.24. The molecule has 0 bridgehead atoms. The normalized spacial score (nSPS) is 14.9. The van der Waals surface area contributed by atoms with E-state index in [0.717, 1.165) is 6.07 Å². The summed E-state index contributed by atoms with van der Waals surface area (Å²) in [7, 11) is -3.89. The summed E-state index contributed by atoms with van der Waals surface area (Å²) < 4.78 is 25.9. The van der Waals surface area contributed by atoms with Crippen LogP contribution in [0.1, 0.15) is 6.92 Å². The number of nitro benzene ring substituents is 1. The first-order valence-electron chi connectivity index (χ1n) is 5.42. The predicted octanol–water partition coefficient (Wildman–Crippen LogP) is -0.419. The number of nitro groups is 1. The van der Waals surface area contributed by atoms with E-state index in [9.17, 15) is 18.5 Å². The lowest BCUT2D eigenvalue weighted by Crippen LogP contribution is -2.43. The quantitative estimate of drug-likeness (QED) is 0.480. The number of hydrogen-bond donors (Lipinski definition) is 3. The van der Waals surface area contributed by atoms with Gasteiger partial charge in [-0.3, -0.25) is 10.1 Å². The highest BCUT2D eigenvalue weighted by Crippen LogP contribution is 2.16. The van der Waals surface area contributed by atoms with E-state index in [0.29, 0.717) is 0 Å². The Labute approximate surface area is 110 Å². The highest BCUT2D eigenvalue weighted by atomic mass is 32.2. The lowest BCUT2D eigenvalue weighted by atomic mass is 10.2. The van der Waals surface area contributed by atoms with Gasteiger partial charge in [-0.2, -0.15) is 0 Å². The zero-order valence-corrected chi connectivity index (χ0v) is 11.0. The highest BCUT2D eigenvalue weighted by molar-refractivity contribution is 7.89. The number of nitrogens with two attached hydrogens (primary N) is 1. The Morgan fingerprint density at radius 3 is 2.68 bits per heavy atom. The highest BCUT2D eigenvalue weighted by Gasteiger charge is 2.19. The molecule has 0 fully saturated rings. The first kappa shape index (κ1) is 15.5. The number of non-ortho nitro benzene ring substituents is 1. The van der Waals surface area contributed by atoms with Crippen LogP contribution in [0.3, 0.4) is 0 Å². The molecule has 19 heavy (non-hydrogen) atoms. The van der Waals surface area contributed by atoms with Crippen LogP contribution in [-0.2, 0) is 10.0 Å². The van der Waals surface area contributed by atoms with Crippen molar-refractivity contribution in [2.45, 2.75) is 24.0 Å². The van der Waals surface area contributed by atoms with Gasteiger partial charge in [0.2, 0.25) is 10.0 Å². The topological polar surface area (TPSA) is 136 Å². The summed E-state index contributed by atoms with van der Waals surface area (Å²) in [6.07, 6.45) is -0.868. The van der Waals surface area contributed by atoms with Gasteiger partial charge in [-0.1, -0.05) is 6.07 Å². The van der Waals surface area contributed by atoms with Crippen molar-refractivity contribution in [2.75, 3.05) is 6.54 Å². The maximum atomic E-state index is 11.9. The van der Waals surface area contributed by atoms with Gasteiger partial charge < -0.3 is 10.8 Å². The molecule has 106 valence electrons. The van der Waals surface area contributed by atoms with Crippen LogP contribution in [0.5, 0.6) is 0 Å². The summed E-state index contributed by atoms with van der Waals surface area (Å²) in [5.74, 6) is 0. The van der Waals surface area contributed by atoms with Crippen molar-refractivity contribution in [3.8, 4) is 0 Å². The standard InChI is InChI=1S/C10H15N3O5S/c1-7(14)10(11)6-12-19(17,18)9-4-2-3-8(5-9)13(15)16/h2-5,7,10,12,14H,6,11H2,1H3. The number of aliphatic hydroxyl groups is 1. The molecule has 8 nitrogen and oxygen atoms in total. The second kappa shape index (κ2) is 6.06. The molecule has 0 aliphatic carbocycles. The Hall–Kier alpha value is -1.55. The molecular formula is C10H15N3O5S. The van der Waals surface area contributed by atoms with E-state index in [1.54, 1.807) is 0 Å². The summed E-state index contributed by atoms with van der Waals surface area (Å²) in [4.78, 5) is 9.67. The fourth-order valence-corrected chi connectivity index (χ4v) is 2.34. The van der Waals surface area contributed by atoms with Crippen LogP contribution in [0.25, 0.3) is 0 Å². The Morgan fingerprint density at radius 1 is 1.53 bits per heavy atom. The lowest BCUT2D eigenvalue weighted by Gasteiger charge is -2.15. The van der Waals surface area contributed by atoms with Crippen molar-refractivity contribution in [3.05, 3.63) is 34.4 Å². The summed E-state index contributed by atoms with van der Waals surface area (Å²) in [6, 6.07) is 3.91. The number of rotatable bonds is 6. The van der Waals surface area contributed by atoms with E-state index in [4.69, 9.17) is 10.8 Å². The molecule has 0 heterocycles. The Morgan fingerprint density at radius 2 is 2.16 bits per heavy atom. The van der Waals surface area contributed by atoms with E-state index in [1.165, 1.54) is 25.1 Å². The molecule has 0 aliphatic heterocycles. The molecule has 0 aliphatic rings. The molecular weight excluding hydrogens is 274 g/mol. The molecule has 0 radical (unpaired) electrons. The Kier molecular flexibility index (Phi) is 4.95. The largest absolute Gasteiger partial charge is 0.392 e. The summed E-state index contributed by atoms with van der Waals surface area (Å²) >= 11 is 0. The number of sulfonamides is 1. The molecule has 0 aromatic heterocycles. The molecule has 1 aromatic carbocycles. The van der Waals surface area contributed by atoms with Gasteiger partial charge in [0.15, 0.2) is 0 Å². The molecule has 1 rings (SSSR count). The molecule has 9 heteroatoms. The predicted molar refractivity (Wildman–Crippen MR) is 67.9 cm³/mol. The molecule has 0 spiro atoms. The number of benzene rings is 1. The van der Waals surface area contributed by atoms with E-state index >= 15 is 0 Å². The van der Waals surface area contributed by atoms with Gasteiger partial charge in [0.1, 0.15) is 0 Å². The van der Waals surface area contributed by atoms with E-state index in [2.05, 4.69) is 4.72 Å². The van der Waals surface area contributed by atoms with Crippen molar-refractivity contribution >= 4 is 15.7 Å². The van der Waals surface area contributed by atoms with Gasteiger partial charge in [-0.15, -0.1) is 0 Å². The van der Waals surface area contributed by atoms with Crippen LogP contribution in [0.15, 0.2) is 29.2 Å². The zero-order valence-electron chi connectivity index (χ0n) is 10.2. The smallest absolute Gasteiger partial charge is 0.270 e. The molecule has 0 amide bonds. The van der Waals surface area contributed by atoms with Crippen LogP contribution < -0.4 is 10.5 Å². The number of nitrogens with one attached hydrogen (secondary N) is 1. The van der Waals surface area contributed by atoms with Gasteiger partial charge in [-0.05, 0) is 13.0 Å². The van der Waals surface area contributed by atoms with Crippen molar-refractivity contribution in [1.82, 2.24) is 4.72 Å². The monoisotopic (exact) mass is 289 g/mol. The number of hydrogen-bond acceptors (Lipinski definition) is 6. The summed E-state index contributed by atoms with van der Waals surface area (Å²) in [5.41, 5.74) is 5.18. The average Bonchev–Trinajstić information content (AvgIpc) is 2.36. The lowest BCUT2D eigenvalue weighted by molar-refractivity contribution is -0.385. The van der Waals surface area contributed by atoms with Crippen molar-refractivity contribution < 1.29 is 18.4 Å². The third-order valence-corrected chi connectivity index (χ3v) is 3.89. The fourth-order valence-electron chi connectivity index (χ4n) is 1.22. The summed E-state index contributed by atoms with van der Waals surface area (Å²) in [5, 5.41) is 19.7. The third-order valence-electron chi connectivity index (χ3n) is 2.47. The van der Waals surface area contributed by atoms with Crippen LogP contribution in [0.2, 0.25) is 0 Å². The Bertz CT molecular complexity index is 558. The van der Waals surface area contributed by atoms with Crippen molar-refractivity contribution in [1.29, 1.82) is 0 Å². The van der Waals surface area contributed by atoms with Gasteiger partial charge in [0, 0.05) is 24.7 Å². The number of nitrogens with zero attached hydrogens (tertiary/aromatic N) is 1. The van der Waals surface area contributed by atoms with E-state index < -0.39 is 27.1 Å². The van der Waals surface area contributed by atoms with Crippen LogP contribution >= 0.6 is 0 Å². The van der Waals surface area contributed by atoms with Gasteiger partial charge >= 0.3 is 0 Å². The SMILES string of the molecule is CC(O)C(N)CNS(=O)(=O)c1cccc([N+](=O)[O-])c1. The first-order valence-corrected chi connectivity index (χ1v) is 6.90. The molecule has 2 atom stereocenters. The van der Waals surface area contributed by atoms with Gasteiger partial charge in [0.05, 0.1) is 15.9 Å². The van der Waals surface area contributed by atoms with Crippen LogP contribution in [0.4, 0.5) is 5.69 Å². The zero-order chi connectivity index (χ0) is 14.6. The van der Waals surface area contributed by atoms with E-state index in [-0.39, 0.29) is 17.1 Å². The molecule has 2 unspecified atom stereocenters. The van der Waals surface area contributed by atoms with Crippen LogP contribution in [0, 0.1) is 10.1 Å². The van der Waals surface area contributed by atoms with Gasteiger partial charge in [0.25, 0.3) is 5.69 Å². The van der Waals surface area contributed by atoms with Crippen molar-refractivity contribution in [2.24, 2.45) is 5.73 Å². The maximum Gasteiger partial charge on any atom is 0.270 e. The molecule has 0 saturated carbocycles. The maximum absolute atomic E-state index is 11.9. The minimum atomic E-state index is -3.89. The van der Waals surface area contributed by atoms with Crippen LogP contribution in [-0.4, -0.2) is 37.1 Å². The fraction of sp³-hybridized carbons (Fsp3) is 0.400. The molecule has 1 aromatic rings. The minimum absolute atomic E-state index is 0.164. The van der Waals surface area contributed by atoms with Gasteiger partial charge in [-0.25, -0.2) is 13.1 Å². The average molecular weight is 289 g/mol. The number of aliphatic hydroxyl groups excluding tert-OH is 1. The second-order valence-electron chi connectivity index (χ2n) is 4.01. The second-order valence-corrected chi connectivity index (χ2v) is 5.78. The van der Waals surface area contributed by atoms with Crippen molar-refractivity contribution in [3.63, 3.8) is 0 Å². The molecule has 0 saturated heterocycles. The van der Waals surface area contributed by atoms with E-state index in [1.807, 2.05) is 0 Å². The Balaban J connectivity index is 2.89. The summed E-state index contributed by atoms with van der Waals surface area (Å²) in [6.45, 7) is 1.27. The first-order chi connectivity index (χ1) is 8.74. The molecule has 4 N–H and O–H groups in total.